The Morgan fingerprint density at radius 3 is 3.00 bits per heavy atom. The fourth-order valence-electron chi connectivity index (χ4n) is 1.30. The average molecular weight is 259 g/mol. The minimum Gasteiger partial charge on any atom is -0.495 e. The largest absolute Gasteiger partial charge is 0.495 e. The molecule has 0 aromatic heterocycles. The highest BCUT2D eigenvalue weighted by atomic mass is 79.9. The number of fused-ring (bicyclic) bond motifs is 1. The van der Waals surface area contributed by atoms with Crippen LogP contribution >= 0.6 is 15.9 Å². The molecule has 0 unspecified atom stereocenters. The van der Waals surface area contributed by atoms with Gasteiger partial charge in [-0.15, -0.1) is 0 Å². The first-order chi connectivity index (χ1) is 6.77. The molecule has 2 rings (SSSR count). The Morgan fingerprint density at radius 1 is 1.57 bits per heavy atom. The summed E-state index contributed by atoms with van der Waals surface area (Å²) in [4.78, 5) is 10.7. The fourth-order valence-corrected chi connectivity index (χ4v) is 2.00. The topological polar surface area (TPSA) is 44.8 Å². The van der Waals surface area contributed by atoms with Gasteiger partial charge in [-0.2, -0.15) is 0 Å². The number of halogens is 1. The third-order valence-electron chi connectivity index (χ3n) is 1.92. The van der Waals surface area contributed by atoms with E-state index in [1.807, 2.05) is 0 Å². The van der Waals surface area contributed by atoms with Crippen molar-refractivity contribution in [1.29, 1.82) is 0 Å². The summed E-state index contributed by atoms with van der Waals surface area (Å²) in [6.07, 6.45) is 0.714. The van der Waals surface area contributed by atoms with Crippen LogP contribution in [0.1, 0.15) is 10.4 Å². The zero-order valence-corrected chi connectivity index (χ0v) is 8.96. The summed E-state index contributed by atoms with van der Waals surface area (Å²) in [6.45, 7) is 0.166. The van der Waals surface area contributed by atoms with E-state index in [1.54, 1.807) is 6.07 Å². The lowest BCUT2D eigenvalue weighted by molar-refractivity contribution is 0.112. The number of benzene rings is 1. The van der Waals surface area contributed by atoms with Gasteiger partial charge in [-0.3, -0.25) is 4.79 Å². The molecule has 0 saturated carbocycles. The van der Waals surface area contributed by atoms with Gasteiger partial charge in [-0.05, 0) is 22.0 Å². The normalized spacial score (nSPS) is 12.7. The quantitative estimate of drug-likeness (QED) is 0.762. The van der Waals surface area contributed by atoms with Gasteiger partial charge >= 0.3 is 0 Å². The van der Waals surface area contributed by atoms with Gasteiger partial charge in [0.1, 0.15) is 10.2 Å². The second-order valence-electron chi connectivity index (χ2n) is 2.66. The van der Waals surface area contributed by atoms with Crippen molar-refractivity contribution in [3.8, 4) is 17.2 Å². The first kappa shape index (κ1) is 9.33. The molecule has 0 fully saturated rings. The van der Waals surface area contributed by atoms with Crippen LogP contribution in [0.2, 0.25) is 0 Å². The number of aldehydes is 1. The van der Waals surface area contributed by atoms with Crippen molar-refractivity contribution in [2.45, 2.75) is 0 Å². The molecule has 1 heterocycles. The highest BCUT2D eigenvalue weighted by Gasteiger charge is 2.23. The maximum atomic E-state index is 10.7. The summed E-state index contributed by atoms with van der Waals surface area (Å²) in [6, 6.07) is 1.60. The molecule has 0 saturated heterocycles. The smallest absolute Gasteiger partial charge is 0.231 e. The third kappa shape index (κ3) is 1.24. The lowest BCUT2D eigenvalue weighted by Gasteiger charge is -2.08. The zero-order valence-electron chi connectivity index (χ0n) is 7.37. The van der Waals surface area contributed by atoms with Gasteiger partial charge in [0.2, 0.25) is 6.79 Å². The lowest BCUT2D eigenvalue weighted by atomic mass is 10.2. The van der Waals surface area contributed by atoms with Crippen LogP contribution in [0.15, 0.2) is 10.5 Å². The molecule has 0 bridgehead atoms. The van der Waals surface area contributed by atoms with Crippen molar-refractivity contribution < 1.29 is 19.0 Å². The number of hydrogen-bond donors (Lipinski definition) is 0. The summed E-state index contributed by atoms with van der Waals surface area (Å²) in [5.74, 6) is 1.59. The number of carbonyl (C=O) groups excluding carboxylic acids is 1. The molecule has 5 heteroatoms. The van der Waals surface area contributed by atoms with Crippen LogP contribution in [0.3, 0.4) is 0 Å². The highest BCUT2D eigenvalue weighted by molar-refractivity contribution is 9.10. The molecule has 0 spiro atoms. The minimum atomic E-state index is 0.166. The Kier molecular flexibility index (Phi) is 2.33. The molecule has 1 aromatic carbocycles. The minimum absolute atomic E-state index is 0.166. The Morgan fingerprint density at radius 2 is 2.36 bits per heavy atom. The molecule has 0 amide bonds. The van der Waals surface area contributed by atoms with E-state index in [0.717, 1.165) is 0 Å². The first-order valence-corrected chi connectivity index (χ1v) is 4.68. The summed E-state index contributed by atoms with van der Waals surface area (Å²) >= 11 is 3.30. The van der Waals surface area contributed by atoms with Crippen LogP contribution in [0.25, 0.3) is 0 Å². The van der Waals surface area contributed by atoms with Crippen LogP contribution < -0.4 is 14.2 Å². The molecule has 1 aliphatic rings. The average Bonchev–Trinajstić information content (AvgIpc) is 2.65. The third-order valence-corrected chi connectivity index (χ3v) is 2.64. The molecule has 74 valence electrons. The first-order valence-electron chi connectivity index (χ1n) is 3.89. The maximum absolute atomic E-state index is 10.7. The lowest BCUT2D eigenvalue weighted by Crippen LogP contribution is -1.93. The molecule has 0 aliphatic carbocycles. The molecule has 1 aliphatic heterocycles. The van der Waals surface area contributed by atoms with Gasteiger partial charge in [0.25, 0.3) is 0 Å². The van der Waals surface area contributed by atoms with Crippen LogP contribution in [0.4, 0.5) is 0 Å². The summed E-state index contributed by atoms with van der Waals surface area (Å²) < 4.78 is 16.0. The molecular weight excluding hydrogens is 252 g/mol. The standard InChI is InChI=1S/C9H7BrO4/c1-12-8-5(3-11)2-6-9(7(8)10)14-4-13-6/h2-3H,4H2,1H3. The molecule has 0 radical (unpaired) electrons. The zero-order chi connectivity index (χ0) is 10.1. The Hall–Kier alpha value is -1.23. The van der Waals surface area contributed by atoms with E-state index in [4.69, 9.17) is 14.2 Å². The second-order valence-corrected chi connectivity index (χ2v) is 3.46. The predicted octanol–water partition coefficient (Wildman–Crippen LogP) is 2.00. The summed E-state index contributed by atoms with van der Waals surface area (Å²) in [7, 11) is 1.50. The molecular formula is C9H7BrO4. The van der Waals surface area contributed by atoms with Crippen LogP contribution in [0.5, 0.6) is 17.2 Å². The fraction of sp³-hybridized carbons (Fsp3) is 0.222. The van der Waals surface area contributed by atoms with Crippen molar-refractivity contribution in [1.82, 2.24) is 0 Å². The van der Waals surface area contributed by atoms with E-state index in [0.29, 0.717) is 33.6 Å². The van der Waals surface area contributed by atoms with E-state index in [1.165, 1.54) is 7.11 Å². The van der Waals surface area contributed by atoms with E-state index >= 15 is 0 Å². The monoisotopic (exact) mass is 258 g/mol. The van der Waals surface area contributed by atoms with E-state index in [9.17, 15) is 4.79 Å². The number of rotatable bonds is 2. The van der Waals surface area contributed by atoms with Gasteiger partial charge < -0.3 is 14.2 Å². The van der Waals surface area contributed by atoms with Crippen molar-refractivity contribution in [3.05, 3.63) is 16.1 Å². The Labute approximate surface area is 88.9 Å². The van der Waals surface area contributed by atoms with Gasteiger partial charge in [-0.1, -0.05) is 0 Å². The highest BCUT2D eigenvalue weighted by Crippen LogP contribution is 2.46. The molecule has 0 N–H and O–H groups in total. The van der Waals surface area contributed by atoms with E-state index < -0.39 is 0 Å². The predicted molar refractivity (Wildman–Crippen MR) is 52.2 cm³/mol. The van der Waals surface area contributed by atoms with E-state index in [2.05, 4.69) is 15.9 Å². The summed E-state index contributed by atoms with van der Waals surface area (Å²) in [5.41, 5.74) is 0.434. The van der Waals surface area contributed by atoms with E-state index in [-0.39, 0.29) is 6.79 Å². The molecule has 4 nitrogen and oxygen atoms in total. The molecule has 0 atom stereocenters. The van der Waals surface area contributed by atoms with Gasteiger partial charge in [-0.25, -0.2) is 0 Å². The van der Waals surface area contributed by atoms with Crippen LogP contribution in [-0.4, -0.2) is 20.2 Å². The van der Waals surface area contributed by atoms with Crippen molar-refractivity contribution in [3.63, 3.8) is 0 Å². The molecule has 1 aromatic rings. The van der Waals surface area contributed by atoms with Crippen LogP contribution in [0, 0.1) is 0 Å². The Balaban J connectivity index is 2.65. The van der Waals surface area contributed by atoms with Crippen LogP contribution in [-0.2, 0) is 0 Å². The van der Waals surface area contributed by atoms with Crippen molar-refractivity contribution in [2.75, 3.05) is 13.9 Å². The van der Waals surface area contributed by atoms with Gasteiger partial charge in [0.15, 0.2) is 17.8 Å². The maximum Gasteiger partial charge on any atom is 0.231 e. The molecule has 14 heavy (non-hydrogen) atoms. The summed E-state index contributed by atoms with van der Waals surface area (Å²) in [5, 5.41) is 0. The second kappa shape index (κ2) is 3.49. The van der Waals surface area contributed by atoms with Crippen molar-refractivity contribution in [2.24, 2.45) is 0 Å². The number of ether oxygens (including phenoxy) is 3. The number of methoxy groups -OCH3 is 1. The van der Waals surface area contributed by atoms with Crippen molar-refractivity contribution >= 4 is 22.2 Å². The number of hydrogen-bond acceptors (Lipinski definition) is 4. The SMILES string of the molecule is COc1c(C=O)cc2c(c1Br)OCO2. The van der Waals surface area contributed by atoms with Gasteiger partial charge in [0.05, 0.1) is 12.7 Å². The van der Waals surface area contributed by atoms with Gasteiger partial charge in [0, 0.05) is 0 Å². The number of carbonyl (C=O) groups is 1. The Bertz CT molecular complexity index is 389.